The highest BCUT2D eigenvalue weighted by Gasteiger charge is 2.30. The summed E-state index contributed by atoms with van der Waals surface area (Å²) in [6.45, 7) is 11.3. The maximum Gasteiger partial charge on any atom is 0.202 e. The van der Waals surface area contributed by atoms with Crippen LogP contribution in [0.15, 0.2) is 0 Å². The van der Waals surface area contributed by atoms with Crippen molar-refractivity contribution < 1.29 is 0 Å². The molecule has 1 aliphatic carbocycles. The molecule has 1 aromatic heterocycles. The first-order valence-corrected chi connectivity index (χ1v) is 7.14. The zero-order valence-electron chi connectivity index (χ0n) is 11.5. The first kappa shape index (κ1) is 12.8. The van der Waals surface area contributed by atoms with Gasteiger partial charge in [0.1, 0.15) is 5.82 Å². The highest BCUT2D eigenvalue weighted by Crippen LogP contribution is 2.39. The van der Waals surface area contributed by atoms with Gasteiger partial charge in [0.2, 0.25) is 5.13 Å². The number of anilines is 1. The van der Waals surface area contributed by atoms with Crippen molar-refractivity contribution >= 4 is 16.7 Å². The Labute approximate surface area is 108 Å². The van der Waals surface area contributed by atoms with Gasteiger partial charge < -0.3 is 5.32 Å². The van der Waals surface area contributed by atoms with E-state index < -0.39 is 0 Å². The van der Waals surface area contributed by atoms with Crippen LogP contribution in [-0.2, 0) is 0 Å². The van der Waals surface area contributed by atoms with Crippen molar-refractivity contribution in [3.8, 4) is 0 Å². The van der Waals surface area contributed by atoms with Gasteiger partial charge in [0.25, 0.3) is 0 Å². The van der Waals surface area contributed by atoms with Gasteiger partial charge in [-0.3, -0.25) is 0 Å². The van der Waals surface area contributed by atoms with Gasteiger partial charge in [0, 0.05) is 23.0 Å². The van der Waals surface area contributed by atoms with Crippen LogP contribution in [0, 0.1) is 5.41 Å². The van der Waals surface area contributed by atoms with Crippen molar-refractivity contribution in [1.82, 2.24) is 9.36 Å². The predicted octanol–water partition coefficient (Wildman–Crippen LogP) is 4.04. The zero-order chi connectivity index (χ0) is 12.7. The number of nitrogens with one attached hydrogen (secondary N) is 1. The monoisotopic (exact) mass is 253 g/mol. The van der Waals surface area contributed by atoms with Crippen LogP contribution in [0.5, 0.6) is 0 Å². The van der Waals surface area contributed by atoms with Crippen LogP contribution >= 0.6 is 11.5 Å². The molecule has 1 saturated carbocycles. The minimum Gasteiger partial charge on any atom is -0.355 e. The number of nitrogens with zero attached hydrogens (tertiary/aromatic N) is 2. The van der Waals surface area contributed by atoms with E-state index in [0.717, 1.165) is 17.4 Å². The Morgan fingerprint density at radius 2 is 1.88 bits per heavy atom. The quantitative estimate of drug-likeness (QED) is 0.880. The van der Waals surface area contributed by atoms with Crippen LogP contribution < -0.4 is 5.32 Å². The van der Waals surface area contributed by atoms with E-state index in [4.69, 9.17) is 0 Å². The van der Waals surface area contributed by atoms with E-state index in [1.54, 1.807) is 0 Å². The molecule has 17 heavy (non-hydrogen) atoms. The second-order valence-electron chi connectivity index (χ2n) is 6.98. The van der Waals surface area contributed by atoms with Gasteiger partial charge in [-0.05, 0) is 38.5 Å². The Hall–Kier alpha value is -0.640. The molecule has 2 rings (SSSR count). The molecule has 0 amide bonds. The summed E-state index contributed by atoms with van der Waals surface area (Å²) in [6, 6.07) is 0. The lowest BCUT2D eigenvalue weighted by Crippen LogP contribution is -2.35. The van der Waals surface area contributed by atoms with Crippen LogP contribution in [0.4, 0.5) is 5.13 Å². The van der Waals surface area contributed by atoms with Crippen LogP contribution in [0.25, 0.3) is 0 Å². The summed E-state index contributed by atoms with van der Waals surface area (Å²) >= 11 is 1.50. The average Bonchev–Trinajstić information content (AvgIpc) is 2.84. The number of aromatic nitrogens is 2. The number of hydrogen-bond acceptors (Lipinski definition) is 4. The molecule has 1 N–H and O–H groups in total. The van der Waals surface area contributed by atoms with E-state index in [0.29, 0.717) is 11.3 Å². The zero-order valence-corrected chi connectivity index (χ0v) is 12.3. The maximum absolute atomic E-state index is 4.58. The topological polar surface area (TPSA) is 37.8 Å². The highest BCUT2D eigenvalue weighted by atomic mass is 32.1. The summed E-state index contributed by atoms with van der Waals surface area (Å²) in [5.74, 6) is 1.69. The normalized spacial score (nSPS) is 17.2. The van der Waals surface area contributed by atoms with Crippen LogP contribution in [0.2, 0.25) is 0 Å². The molecule has 4 heteroatoms. The van der Waals surface area contributed by atoms with Gasteiger partial charge in [-0.2, -0.15) is 4.37 Å². The van der Waals surface area contributed by atoms with E-state index in [2.05, 4.69) is 49.3 Å². The molecule has 0 aliphatic heterocycles. The molecule has 0 bridgehead atoms. The summed E-state index contributed by atoms with van der Waals surface area (Å²) in [5.41, 5.74) is 0.388. The van der Waals surface area contributed by atoms with Gasteiger partial charge >= 0.3 is 0 Å². The van der Waals surface area contributed by atoms with E-state index in [1.165, 1.54) is 24.4 Å². The maximum atomic E-state index is 4.58. The van der Waals surface area contributed by atoms with E-state index >= 15 is 0 Å². The molecular weight excluding hydrogens is 230 g/mol. The summed E-state index contributed by atoms with van der Waals surface area (Å²) < 4.78 is 4.43. The Balaban J connectivity index is 1.98. The Morgan fingerprint density at radius 3 is 2.41 bits per heavy atom. The first-order chi connectivity index (χ1) is 7.75. The fourth-order valence-electron chi connectivity index (χ4n) is 2.45. The fraction of sp³-hybridized carbons (Fsp3) is 0.846. The third-order valence-corrected chi connectivity index (χ3v) is 3.45. The van der Waals surface area contributed by atoms with Crippen molar-refractivity contribution in [1.29, 1.82) is 0 Å². The number of rotatable bonds is 4. The van der Waals surface area contributed by atoms with Crippen molar-refractivity contribution in [2.24, 2.45) is 5.41 Å². The van der Waals surface area contributed by atoms with Crippen molar-refractivity contribution in [3.05, 3.63) is 5.82 Å². The third-order valence-electron chi connectivity index (χ3n) is 2.80. The van der Waals surface area contributed by atoms with Crippen molar-refractivity contribution in [3.63, 3.8) is 0 Å². The molecule has 3 nitrogen and oxygen atoms in total. The molecule has 0 atom stereocenters. The van der Waals surface area contributed by atoms with E-state index in [1.807, 2.05) is 0 Å². The van der Waals surface area contributed by atoms with E-state index in [9.17, 15) is 0 Å². The van der Waals surface area contributed by atoms with Gasteiger partial charge in [0.05, 0.1) is 0 Å². The van der Waals surface area contributed by atoms with Gasteiger partial charge in [0.15, 0.2) is 0 Å². The van der Waals surface area contributed by atoms with Crippen molar-refractivity contribution in [2.75, 3.05) is 5.32 Å². The van der Waals surface area contributed by atoms with Gasteiger partial charge in [-0.25, -0.2) is 4.98 Å². The summed E-state index contributed by atoms with van der Waals surface area (Å²) in [5, 5.41) is 4.50. The fourth-order valence-corrected chi connectivity index (χ4v) is 3.28. The summed E-state index contributed by atoms with van der Waals surface area (Å²) in [6.07, 6.45) is 3.64. The molecular formula is C13H23N3S. The minimum absolute atomic E-state index is 0.0681. The summed E-state index contributed by atoms with van der Waals surface area (Å²) in [4.78, 5) is 4.58. The Morgan fingerprint density at radius 1 is 1.24 bits per heavy atom. The second-order valence-corrected chi connectivity index (χ2v) is 7.73. The SMILES string of the molecule is CC(C)(C)CC(C)(C)Nc1nc(C2CC2)ns1. The van der Waals surface area contributed by atoms with Gasteiger partial charge in [-0.1, -0.05) is 20.8 Å². The summed E-state index contributed by atoms with van der Waals surface area (Å²) in [7, 11) is 0. The molecule has 1 heterocycles. The highest BCUT2D eigenvalue weighted by molar-refractivity contribution is 7.09. The standard InChI is InChI=1S/C13H23N3S/c1-12(2,3)8-13(4,5)15-11-14-10(16-17-11)9-6-7-9/h9H,6-8H2,1-5H3,(H,14,15,16). The molecule has 0 spiro atoms. The van der Waals surface area contributed by atoms with Crippen LogP contribution in [0.3, 0.4) is 0 Å². The lowest BCUT2D eigenvalue weighted by atomic mass is 9.82. The molecule has 1 aromatic rings. The number of hydrogen-bond donors (Lipinski definition) is 1. The predicted molar refractivity (Wildman–Crippen MR) is 73.7 cm³/mol. The van der Waals surface area contributed by atoms with Crippen LogP contribution in [-0.4, -0.2) is 14.9 Å². The molecule has 0 saturated heterocycles. The second kappa shape index (κ2) is 4.23. The Kier molecular flexibility index (Phi) is 3.19. The molecule has 0 radical (unpaired) electrons. The van der Waals surface area contributed by atoms with Gasteiger partial charge in [-0.15, -0.1) is 0 Å². The lowest BCUT2D eigenvalue weighted by Gasteiger charge is -2.33. The molecule has 1 aliphatic rings. The van der Waals surface area contributed by atoms with Crippen molar-refractivity contribution in [2.45, 2.75) is 65.3 Å². The van der Waals surface area contributed by atoms with E-state index in [-0.39, 0.29) is 5.54 Å². The molecule has 0 unspecified atom stereocenters. The molecule has 0 aromatic carbocycles. The first-order valence-electron chi connectivity index (χ1n) is 6.37. The lowest BCUT2D eigenvalue weighted by molar-refractivity contribution is 0.302. The molecule has 96 valence electrons. The minimum atomic E-state index is 0.0681. The third kappa shape index (κ3) is 3.95. The largest absolute Gasteiger partial charge is 0.355 e. The van der Waals surface area contributed by atoms with Crippen LogP contribution in [0.1, 0.15) is 65.6 Å². The average molecular weight is 253 g/mol. The molecule has 1 fully saturated rings. The Bertz CT molecular complexity index is 386. The smallest absolute Gasteiger partial charge is 0.202 e.